The summed E-state index contributed by atoms with van der Waals surface area (Å²) in [6.45, 7) is 1.54. The summed E-state index contributed by atoms with van der Waals surface area (Å²) in [5.41, 5.74) is 5.26. The minimum atomic E-state index is -0.248. The van der Waals surface area contributed by atoms with E-state index < -0.39 is 0 Å². The molecule has 1 fully saturated rings. The van der Waals surface area contributed by atoms with Crippen LogP contribution in [0.1, 0.15) is 32.8 Å². The molecule has 182 valence electrons. The Labute approximate surface area is 210 Å². The maximum absolute atomic E-state index is 12.9. The van der Waals surface area contributed by atoms with Gasteiger partial charge in [-0.05, 0) is 91.3 Å². The molecule has 3 N–H and O–H groups in total. The van der Waals surface area contributed by atoms with E-state index in [0.717, 1.165) is 30.0 Å². The standard InChI is InChI=1S/C29H28N4O3/c1-32-17-2-3-27(32)29(36)31-24-10-6-21(7-11-24)28(35)20-4-8-22(9-5-20)30-23-12-14-25(15-13-23)33-18-16-26(34)19-33/h2-15,17,26,30,34H,16,18-19H2,1H3,(H,31,36)/t26-/m1/s1. The van der Waals surface area contributed by atoms with E-state index in [4.69, 9.17) is 0 Å². The number of nitrogens with one attached hydrogen (secondary N) is 2. The van der Waals surface area contributed by atoms with Crippen molar-refractivity contribution in [2.75, 3.05) is 28.6 Å². The zero-order chi connectivity index (χ0) is 25.1. The highest BCUT2D eigenvalue weighted by molar-refractivity contribution is 6.09. The van der Waals surface area contributed by atoms with E-state index in [-0.39, 0.29) is 17.8 Å². The van der Waals surface area contributed by atoms with E-state index in [2.05, 4.69) is 15.5 Å². The molecule has 7 heteroatoms. The molecule has 0 spiro atoms. The van der Waals surface area contributed by atoms with Gasteiger partial charge in [0.25, 0.3) is 5.91 Å². The number of ketones is 1. The van der Waals surface area contributed by atoms with Gasteiger partial charge in [-0.25, -0.2) is 0 Å². The normalized spacial score (nSPS) is 15.1. The van der Waals surface area contributed by atoms with Crippen molar-refractivity contribution in [3.63, 3.8) is 0 Å². The van der Waals surface area contributed by atoms with E-state index in [0.29, 0.717) is 29.1 Å². The number of amides is 1. The highest BCUT2D eigenvalue weighted by Crippen LogP contribution is 2.25. The van der Waals surface area contributed by atoms with Gasteiger partial charge in [-0.1, -0.05) is 0 Å². The number of β-amino-alcohol motifs (C(OH)–C–C–N with tert-alkyl or cyclic N) is 1. The van der Waals surface area contributed by atoms with Gasteiger partial charge in [0.15, 0.2) is 5.78 Å². The van der Waals surface area contributed by atoms with Gasteiger partial charge in [0, 0.05) is 60.2 Å². The quantitative estimate of drug-likeness (QED) is 0.330. The van der Waals surface area contributed by atoms with Crippen molar-refractivity contribution in [3.05, 3.63) is 108 Å². The lowest BCUT2D eigenvalue weighted by Crippen LogP contribution is -2.20. The molecule has 3 aromatic carbocycles. The predicted molar refractivity (Wildman–Crippen MR) is 142 cm³/mol. The van der Waals surface area contributed by atoms with Crippen LogP contribution in [0.2, 0.25) is 0 Å². The number of aryl methyl sites for hydroxylation is 1. The monoisotopic (exact) mass is 480 g/mol. The van der Waals surface area contributed by atoms with Gasteiger partial charge in [0.2, 0.25) is 0 Å². The molecule has 0 saturated carbocycles. The van der Waals surface area contributed by atoms with Crippen molar-refractivity contribution in [2.24, 2.45) is 7.05 Å². The first-order chi connectivity index (χ1) is 17.5. The van der Waals surface area contributed by atoms with Crippen LogP contribution < -0.4 is 15.5 Å². The molecule has 0 bridgehead atoms. The third-order valence-corrected chi connectivity index (χ3v) is 6.41. The van der Waals surface area contributed by atoms with Crippen molar-refractivity contribution >= 4 is 34.4 Å². The van der Waals surface area contributed by atoms with Crippen LogP contribution in [0.4, 0.5) is 22.7 Å². The average molecular weight is 481 g/mol. The number of aliphatic hydroxyl groups is 1. The maximum atomic E-state index is 12.9. The number of carbonyl (C=O) groups excluding carboxylic acids is 2. The summed E-state index contributed by atoms with van der Waals surface area (Å²) in [6, 6.07) is 25.9. The number of aliphatic hydroxyl groups excluding tert-OH is 1. The van der Waals surface area contributed by atoms with Crippen molar-refractivity contribution in [1.29, 1.82) is 0 Å². The van der Waals surface area contributed by atoms with Crippen LogP contribution in [0.3, 0.4) is 0 Å². The number of benzene rings is 3. The number of anilines is 4. The van der Waals surface area contributed by atoms with Gasteiger partial charge in [-0.15, -0.1) is 0 Å². The molecule has 36 heavy (non-hydrogen) atoms. The second kappa shape index (κ2) is 10.1. The van der Waals surface area contributed by atoms with Gasteiger partial charge in [0.05, 0.1) is 6.10 Å². The lowest BCUT2D eigenvalue weighted by atomic mass is 10.0. The van der Waals surface area contributed by atoms with Crippen molar-refractivity contribution in [2.45, 2.75) is 12.5 Å². The zero-order valence-electron chi connectivity index (χ0n) is 20.0. The van der Waals surface area contributed by atoms with Crippen molar-refractivity contribution in [1.82, 2.24) is 4.57 Å². The summed E-state index contributed by atoms with van der Waals surface area (Å²) < 4.78 is 1.75. The summed E-state index contributed by atoms with van der Waals surface area (Å²) in [7, 11) is 1.81. The molecule has 0 aliphatic carbocycles. The Hall–Kier alpha value is -4.36. The second-order valence-electron chi connectivity index (χ2n) is 9.00. The van der Waals surface area contributed by atoms with Gasteiger partial charge in [0.1, 0.15) is 5.69 Å². The molecule has 2 heterocycles. The Morgan fingerprint density at radius 3 is 1.94 bits per heavy atom. The fraction of sp³-hybridized carbons (Fsp3) is 0.172. The molecule has 5 rings (SSSR count). The molecule has 1 saturated heterocycles. The third kappa shape index (κ3) is 5.16. The molecule has 7 nitrogen and oxygen atoms in total. The van der Waals surface area contributed by atoms with Gasteiger partial charge in [-0.2, -0.15) is 0 Å². The summed E-state index contributed by atoms with van der Waals surface area (Å²) in [5, 5.41) is 15.9. The minimum Gasteiger partial charge on any atom is -0.391 e. The van der Waals surface area contributed by atoms with Crippen LogP contribution >= 0.6 is 0 Å². The molecule has 1 atom stereocenters. The van der Waals surface area contributed by atoms with E-state index in [1.807, 2.05) is 55.7 Å². The number of hydrogen-bond acceptors (Lipinski definition) is 5. The lowest BCUT2D eigenvalue weighted by Gasteiger charge is -2.18. The summed E-state index contributed by atoms with van der Waals surface area (Å²) >= 11 is 0. The molecular formula is C29H28N4O3. The Morgan fingerprint density at radius 2 is 1.42 bits per heavy atom. The Balaban J connectivity index is 1.19. The first-order valence-electron chi connectivity index (χ1n) is 11.9. The fourth-order valence-corrected chi connectivity index (χ4v) is 4.37. The third-order valence-electron chi connectivity index (χ3n) is 6.41. The molecule has 0 radical (unpaired) electrons. The van der Waals surface area contributed by atoms with Crippen LogP contribution in [0.15, 0.2) is 91.1 Å². The topological polar surface area (TPSA) is 86.6 Å². The van der Waals surface area contributed by atoms with E-state index in [9.17, 15) is 14.7 Å². The molecule has 1 amide bonds. The van der Waals surface area contributed by atoms with Gasteiger partial charge in [-0.3, -0.25) is 9.59 Å². The number of aromatic nitrogens is 1. The molecule has 4 aromatic rings. The number of hydrogen-bond donors (Lipinski definition) is 3. The fourth-order valence-electron chi connectivity index (χ4n) is 4.37. The van der Waals surface area contributed by atoms with Gasteiger partial charge < -0.3 is 25.2 Å². The average Bonchev–Trinajstić information content (AvgIpc) is 3.53. The van der Waals surface area contributed by atoms with Crippen LogP contribution in [0.25, 0.3) is 0 Å². The summed E-state index contributed by atoms with van der Waals surface area (Å²) in [4.78, 5) is 27.5. The number of carbonyl (C=O) groups is 2. The van der Waals surface area contributed by atoms with E-state index in [1.54, 1.807) is 47.0 Å². The Morgan fingerprint density at radius 1 is 0.833 bits per heavy atom. The highest BCUT2D eigenvalue weighted by Gasteiger charge is 2.20. The SMILES string of the molecule is Cn1cccc1C(=O)Nc1ccc(C(=O)c2ccc(Nc3ccc(N4CC[C@@H](O)C4)cc3)cc2)cc1. The predicted octanol–water partition coefficient (Wildman–Crippen LogP) is 4.82. The summed E-state index contributed by atoms with van der Waals surface area (Å²) in [6.07, 6.45) is 2.37. The van der Waals surface area contributed by atoms with Crippen LogP contribution in [-0.4, -0.2) is 40.6 Å². The van der Waals surface area contributed by atoms with Crippen LogP contribution in [0.5, 0.6) is 0 Å². The van der Waals surface area contributed by atoms with E-state index >= 15 is 0 Å². The van der Waals surface area contributed by atoms with Gasteiger partial charge >= 0.3 is 0 Å². The van der Waals surface area contributed by atoms with Crippen molar-refractivity contribution in [3.8, 4) is 0 Å². The summed E-state index contributed by atoms with van der Waals surface area (Å²) in [5.74, 6) is -0.284. The first kappa shape index (κ1) is 23.4. The zero-order valence-corrected chi connectivity index (χ0v) is 20.0. The molecule has 1 aromatic heterocycles. The smallest absolute Gasteiger partial charge is 0.272 e. The molecule has 1 aliphatic rings. The second-order valence-corrected chi connectivity index (χ2v) is 9.00. The first-order valence-corrected chi connectivity index (χ1v) is 11.9. The highest BCUT2D eigenvalue weighted by atomic mass is 16.3. The Bertz CT molecular complexity index is 1360. The largest absolute Gasteiger partial charge is 0.391 e. The Kier molecular flexibility index (Phi) is 6.56. The van der Waals surface area contributed by atoms with E-state index in [1.165, 1.54) is 0 Å². The molecule has 0 unspecified atom stereocenters. The molecular weight excluding hydrogens is 452 g/mol. The number of nitrogens with zero attached hydrogens (tertiary/aromatic N) is 2. The number of rotatable bonds is 7. The lowest BCUT2D eigenvalue weighted by molar-refractivity contribution is 0.101. The van der Waals surface area contributed by atoms with Crippen molar-refractivity contribution < 1.29 is 14.7 Å². The van der Waals surface area contributed by atoms with Crippen LogP contribution in [0, 0.1) is 0 Å². The minimum absolute atomic E-state index is 0.0842. The van der Waals surface area contributed by atoms with Crippen LogP contribution in [-0.2, 0) is 7.05 Å². The maximum Gasteiger partial charge on any atom is 0.272 e. The molecule has 1 aliphatic heterocycles.